The monoisotopic (exact) mass is 418 g/mol. The molecule has 0 radical (unpaired) electrons. The summed E-state index contributed by atoms with van der Waals surface area (Å²) in [6.07, 6.45) is 0. The van der Waals surface area contributed by atoms with Crippen LogP contribution in [0.25, 0.3) is 0 Å². The number of hydrogen-bond acceptors (Lipinski definition) is 5. The van der Waals surface area contributed by atoms with Gasteiger partial charge in [0.25, 0.3) is 0 Å². The van der Waals surface area contributed by atoms with Gasteiger partial charge in [-0.15, -0.1) is 0 Å². The third-order valence-corrected chi connectivity index (χ3v) is 6.85. The first-order chi connectivity index (χ1) is 14.7. The van der Waals surface area contributed by atoms with E-state index >= 15 is 0 Å². The van der Waals surface area contributed by atoms with Gasteiger partial charge in [0.2, 0.25) is 0 Å². The van der Waals surface area contributed by atoms with E-state index in [4.69, 9.17) is 22.6 Å². The topological polar surface area (TPSA) is 46.2 Å². The Kier molecular flexibility index (Phi) is 4.46. The Morgan fingerprint density at radius 1 is 0.400 bits per heavy atom. The standard InChI is InChI=1S/C24H19O5P/c1-4-12-20(13-5-1)25-30(26-21-14-6-2-7-15-21,27-22-16-8-3-9-17-22)28-23-18-10-11-19-24(23)29-30/h1-19H. The van der Waals surface area contributed by atoms with Crippen molar-refractivity contribution >= 4 is 7.74 Å². The van der Waals surface area contributed by atoms with Crippen molar-refractivity contribution in [3.63, 3.8) is 0 Å². The average molecular weight is 418 g/mol. The van der Waals surface area contributed by atoms with E-state index in [2.05, 4.69) is 0 Å². The molecule has 1 heterocycles. The zero-order chi connectivity index (χ0) is 20.3. The Labute approximate surface area is 174 Å². The third-order valence-electron chi connectivity index (χ3n) is 4.34. The zero-order valence-electron chi connectivity index (χ0n) is 16.0. The molecule has 0 spiro atoms. The van der Waals surface area contributed by atoms with Gasteiger partial charge in [0.1, 0.15) is 0 Å². The van der Waals surface area contributed by atoms with Crippen molar-refractivity contribution in [2.24, 2.45) is 0 Å². The molecule has 5 nitrogen and oxygen atoms in total. The van der Waals surface area contributed by atoms with Gasteiger partial charge in [0.15, 0.2) is 0 Å². The number of para-hydroxylation sites is 5. The van der Waals surface area contributed by atoms with Gasteiger partial charge >= 0.3 is 174 Å². The second-order valence-electron chi connectivity index (χ2n) is 6.59. The van der Waals surface area contributed by atoms with Crippen molar-refractivity contribution in [2.45, 2.75) is 0 Å². The van der Waals surface area contributed by atoms with Crippen molar-refractivity contribution in [3.05, 3.63) is 115 Å². The van der Waals surface area contributed by atoms with Crippen LogP contribution in [0.2, 0.25) is 0 Å². The molecule has 0 aromatic heterocycles. The van der Waals surface area contributed by atoms with E-state index in [1.807, 2.05) is 66.7 Å². The Hall–Kier alpha value is -3.69. The van der Waals surface area contributed by atoms with E-state index in [9.17, 15) is 0 Å². The van der Waals surface area contributed by atoms with Crippen molar-refractivity contribution in [3.8, 4) is 28.7 Å². The van der Waals surface area contributed by atoms with Crippen LogP contribution in [0.3, 0.4) is 0 Å². The molecule has 5 rings (SSSR count). The van der Waals surface area contributed by atoms with E-state index in [0.717, 1.165) is 0 Å². The Morgan fingerprint density at radius 2 is 0.700 bits per heavy atom. The Morgan fingerprint density at radius 3 is 1.03 bits per heavy atom. The van der Waals surface area contributed by atoms with Gasteiger partial charge in [-0.25, -0.2) is 0 Å². The van der Waals surface area contributed by atoms with E-state index in [0.29, 0.717) is 28.7 Å². The van der Waals surface area contributed by atoms with Gasteiger partial charge < -0.3 is 0 Å². The van der Waals surface area contributed by atoms with Crippen LogP contribution in [0.1, 0.15) is 0 Å². The van der Waals surface area contributed by atoms with E-state index < -0.39 is 7.74 Å². The minimum atomic E-state index is -4.72. The second kappa shape index (κ2) is 7.29. The molecule has 4 aromatic carbocycles. The predicted octanol–water partition coefficient (Wildman–Crippen LogP) is 6.82. The van der Waals surface area contributed by atoms with Crippen molar-refractivity contribution in [1.29, 1.82) is 0 Å². The van der Waals surface area contributed by atoms with Gasteiger partial charge in [0.05, 0.1) is 0 Å². The van der Waals surface area contributed by atoms with Crippen LogP contribution in [-0.4, -0.2) is 0 Å². The van der Waals surface area contributed by atoms with E-state index in [1.165, 1.54) is 0 Å². The van der Waals surface area contributed by atoms with Crippen molar-refractivity contribution in [2.75, 3.05) is 0 Å². The van der Waals surface area contributed by atoms with E-state index in [-0.39, 0.29) is 0 Å². The zero-order valence-corrected chi connectivity index (χ0v) is 16.9. The number of fused-ring (bicyclic) bond motifs is 1. The van der Waals surface area contributed by atoms with Crippen LogP contribution >= 0.6 is 7.74 Å². The molecule has 0 bridgehead atoms. The molecule has 0 saturated carbocycles. The summed E-state index contributed by atoms with van der Waals surface area (Å²) in [4.78, 5) is 0. The Bertz CT molecular complexity index is 1000. The van der Waals surface area contributed by atoms with Crippen LogP contribution in [0.15, 0.2) is 115 Å². The van der Waals surface area contributed by atoms with Crippen molar-refractivity contribution < 1.29 is 22.6 Å². The fourth-order valence-electron chi connectivity index (χ4n) is 3.07. The van der Waals surface area contributed by atoms with Gasteiger partial charge in [-0.1, -0.05) is 0 Å². The van der Waals surface area contributed by atoms with Gasteiger partial charge in [0, 0.05) is 0 Å². The summed E-state index contributed by atoms with van der Waals surface area (Å²) in [5.41, 5.74) is 0. The molecule has 0 unspecified atom stereocenters. The van der Waals surface area contributed by atoms with Gasteiger partial charge in [-0.05, 0) is 0 Å². The molecular weight excluding hydrogens is 399 g/mol. The molecule has 0 atom stereocenters. The van der Waals surface area contributed by atoms with Gasteiger partial charge in [-0.3, -0.25) is 0 Å². The fourth-order valence-corrected chi connectivity index (χ4v) is 5.78. The summed E-state index contributed by atoms with van der Waals surface area (Å²) >= 11 is 0. The van der Waals surface area contributed by atoms with Crippen LogP contribution < -0.4 is 22.6 Å². The first kappa shape index (κ1) is 18.3. The minimum absolute atomic E-state index is 0.484. The molecule has 1 aliphatic rings. The molecule has 30 heavy (non-hydrogen) atoms. The summed E-state index contributed by atoms with van der Waals surface area (Å²) < 4.78 is 31.8. The Balaban J connectivity index is 1.67. The summed E-state index contributed by atoms with van der Waals surface area (Å²) in [5.74, 6) is 2.45. The molecule has 0 amide bonds. The molecule has 0 N–H and O–H groups in total. The number of rotatable bonds is 6. The fraction of sp³-hybridized carbons (Fsp3) is 0. The summed E-state index contributed by atoms with van der Waals surface area (Å²) in [6.45, 7) is 0. The molecule has 150 valence electrons. The maximum absolute atomic E-state index is 6.38. The van der Waals surface area contributed by atoms with E-state index in [1.54, 1.807) is 48.5 Å². The summed E-state index contributed by atoms with van der Waals surface area (Å²) in [6, 6.07) is 34.9. The number of benzene rings is 4. The first-order valence-electron chi connectivity index (χ1n) is 9.49. The molecule has 4 aromatic rings. The SMILES string of the molecule is c1ccc(OP2(Oc3ccccc3)(Oc3ccccc3)Oc3ccccc3O2)cc1. The average Bonchev–Trinajstić information content (AvgIpc) is 3.09. The third kappa shape index (κ3) is 3.51. The molecule has 0 saturated heterocycles. The maximum atomic E-state index is 6.38. The summed E-state index contributed by atoms with van der Waals surface area (Å²) in [5, 5.41) is 0. The molecule has 0 aliphatic carbocycles. The molecule has 0 fully saturated rings. The van der Waals surface area contributed by atoms with Crippen LogP contribution in [0.5, 0.6) is 28.7 Å². The quantitative estimate of drug-likeness (QED) is 0.322. The van der Waals surface area contributed by atoms with Gasteiger partial charge in [-0.2, -0.15) is 0 Å². The van der Waals surface area contributed by atoms with Crippen LogP contribution in [0, 0.1) is 0 Å². The predicted molar refractivity (Wildman–Crippen MR) is 116 cm³/mol. The number of hydrogen-bond donors (Lipinski definition) is 0. The molecular formula is C24H19O5P. The molecule has 1 aliphatic heterocycles. The second-order valence-corrected chi connectivity index (χ2v) is 8.99. The summed E-state index contributed by atoms with van der Waals surface area (Å²) in [7, 11) is -4.72. The molecule has 6 heteroatoms. The first-order valence-corrected chi connectivity index (χ1v) is 11.3. The normalized spacial score (nSPS) is 16.6. The van der Waals surface area contributed by atoms with Crippen LogP contribution in [0.4, 0.5) is 0 Å². The van der Waals surface area contributed by atoms with Crippen molar-refractivity contribution in [1.82, 2.24) is 0 Å². The van der Waals surface area contributed by atoms with Crippen LogP contribution in [-0.2, 0) is 0 Å².